The topological polar surface area (TPSA) is 102 Å². The molecule has 0 unspecified atom stereocenters. The molecule has 0 aliphatic heterocycles. The summed E-state index contributed by atoms with van der Waals surface area (Å²) in [6.45, 7) is 1.96. The molecule has 6 heteroatoms. The van der Waals surface area contributed by atoms with Gasteiger partial charge in [-0.3, -0.25) is 15.0 Å². The van der Waals surface area contributed by atoms with Gasteiger partial charge < -0.3 is 16.8 Å². The predicted octanol–water partition coefficient (Wildman–Crippen LogP) is -1.16. The molecule has 1 aromatic rings. The number of guanidine groups is 1. The summed E-state index contributed by atoms with van der Waals surface area (Å²) in [5, 5.41) is 3.14. The molecule has 14 heavy (non-hydrogen) atoms. The van der Waals surface area contributed by atoms with E-state index in [1.165, 1.54) is 0 Å². The molecule has 76 valence electrons. The number of hydrogen-bond donors (Lipinski definition) is 3. The Kier molecular flexibility index (Phi) is 4.36. The largest absolute Gasteiger partial charge is 0.370 e. The van der Waals surface area contributed by atoms with Gasteiger partial charge in [0.1, 0.15) is 0 Å². The minimum absolute atomic E-state index is 0.117. The zero-order chi connectivity index (χ0) is 10.2. The Morgan fingerprint density at radius 3 is 2.93 bits per heavy atom. The molecule has 0 saturated heterocycles. The van der Waals surface area contributed by atoms with Crippen LogP contribution in [0.2, 0.25) is 0 Å². The Morgan fingerprint density at radius 1 is 1.43 bits per heavy atom. The van der Waals surface area contributed by atoms with Gasteiger partial charge in [0.25, 0.3) is 0 Å². The van der Waals surface area contributed by atoms with Gasteiger partial charge >= 0.3 is 0 Å². The van der Waals surface area contributed by atoms with E-state index in [-0.39, 0.29) is 5.96 Å². The number of rotatable bonds is 5. The van der Waals surface area contributed by atoms with Crippen molar-refractivity contribution in [3.63, 3.8) is 0 Å². The quantitative estimate of drug-likeness (QED) is 0.312. The third-order valence-corrected chi connectivity index (χ3v) is 1.51. The molecule has 0 saturated carbocycles. The van der Waals surface area contributed by atoms with Crippen LogP contribution in [-0.4, -0.2) is 29.0 Å². The highest BCUT2D eigenvalue weighted by atomic mass is 15.0. The van der Waals surface area contributed by atoms with Gasteiger partial charge in [0, 0.05) is 31.7 Å². The minimum atomic E-state index is 0.117. The van der Waals surface area contributed by atoms with Crippen LogP contribution in [0.25, 0.3) is 0 Å². The lowest BCUT2D eigenvalue weighted by atomic mass is 10.4. The maximum atomic E-state index is 5.16. The smallest absolute Gasteiger partial charge is 0.185 e. The van der Waals surface area contributed by atoms with Crippen LogP contribution in [0.1, 0.15) is 5.69 Å². The van der Waals surface area contributed by atoms with E-state index in [0.717, 1.165) is 5.69 Å². The number of nitrogens with zero attached hydrogens (tertiary/aromatic N) is 3. The summed E-state index contributed by atoms with van der Waals surface area (Å²) in [7, 11) is 0. The van der Waals surface area contributed by atoms with Gasteiger partial charge in [-0.2, -0.15) is 0 Å². The maximum absolute atomic E-state index is 5.16. The molecule has 0 aromatic carbocycles. The molecule has 0 fully saturated rings. The van der Waals surface area contributed by atoms with Crippen molar-refractivity contribution >= 4 is 5.96 Å². The van der Waals surface area contributed by atoms with E-state index in [1.807, 2.05) is 0 Å². The first-order valence-corrected chi connectivity index (χ1v) is 4.30. The fraction of sp³-hybridized carbons (Fsp3) is 0.375. The molecule has 1 aromatic heterocycles. The Balaban J connectivity index is 2.14. The second-order valence-electron chi connectivity index (χ2n) is 2.68. The standard InChI is InChI=1S/C8H14N6/c9-8(10)14-4-2-12-6-7-5-11-1-3-13-7/h1,3,5,12H,2,4,6H2,(H4,9,10,14). The molecule has 0 amide bonds. The molecule has 0 aliphatic rings. The highest BCUT2D eigenvalue weighted by molar-refractivity contribution is 5.75. The Bertz CT molecular complexity index is 279. The van der Waals surface area contributed by atoms with Gasteiger partial charge in [-0.15, -0.1) is 0 Å². The van der Waals surface area contributed by atoms with E-state index in [9.17, 15) is 0 Å². The Morgan fingerprint density at radius 2 is 2.29 bits per heavy atom. The zero-order valence-corrected chi connectivity index (χ0v) is 7.85. The van der Waals surface area contributed by atoms with Gasteiger partial charge in [-0.25, -0.2) is 0 Å². The predicted molar refractivity (Wildman–Crippen MR) is 54.4 cm³/mol. The van der Waals surface area contributed by atoms with Gasteiger partial charge in [0.15, 0.2) is 5.96 Å². The van der Waals surface area contributed by atoms with Gasteiger partial charge in [0.2, 0.25) is 0 Å². The summed E-state index contributed by atoms with van der Waals surface area (Å²) >= 11 is 0. The van der Waals surface area contributed by atoms with Crippen molar-refractivity contribution in [3.05, 3.63) is 24.3 Å². The van der Waals surface area contributed by atoms with Crippen molar-refractivity contribution in [1.29, 1.82) is 0 Å². The van der Waals surface area contributed by atoms with Crippen molar-refractivity contribution in [1.82, 2.24) is 15.3 Å². The van der Waals surface area contributed by atoms with Crippen LogP contribution in [-0.2, 0) is 6.54 Å². The molecule has 5 N–H and O–H groups in total. The fourth-order valence-corrected chi connectivity index (χ4v) is 0.902. The van der Waals surface area contributed by atoms with E-state index in [0.29, 0.717) is 19.6 Å². The average Bonchev–Trinajstić information content (AvgIpc) is 2.18. The van der Waals surface area contributed by atoms with Crippen LogP contribution < -0.4 is 16.8 Å². The molecule has 0 aliphatic carbocycles. The summed E-state index contributed by atoms with van der Waals surface area (Å²) in [6, 6.07) is 0. The molecule has 0 spiro atoms. The van der Waals surface area contributed by atoms with Crippen molar-refractivity contribution in [3.8, 4) is 0 Å². The fourth-order valence-electron chi connectivity index (χ4n) is 0.902. The third kappa shape index (κ3) is 4.36. The molecule has 0 radical (unpaired) electrons. The molecule has 1 heterocycles. The van der Waals surface area contributed by atoms with E-state index < -0.39 is 0 Å². The lowest BCUT2D eigenvalue weighted by Crippen LogP contribution is -2.25. The van der Waals surface area contributed by atoms with Crippen molar-refractivity contribution in [2.24, 2.45) is 16.5 Å². The highest BCUT2D eigenvalue weighted by Crippen LogP contribution is 1.87. The van der Waals surface area contributed by atoms with Crippen LogP contribution in [0, 0.1) is 0 Å². The number of aliphatic imine (C=N–C) groups is 1. The van der Waals surface area contributed by atoms with E-state index >= 15 is 0 Å². The summed E-state index contributed by atoms with van der Waals surface area (Å²) in [6.07, 6.45) is 5.02. The first kappa shape index (κ1) is 10.4. The molecule has 6 nitrogen and oxygen atoms in total. The van der Waals surface area contributed by atoms with Crippen molar-refractivity contribution < 1.29 is 0 Å². The van der Waals surface area contributed by atoms with Gasteiger partial charge in [0.05, 0.1) is 12.2 Å². The monoisotopic (exact) mass is 194 g/mol. The summed E-state index contributed by atoms with van der Waals surface area (Å²) < 4.78 is 0. The van der Waals surface area contributed by atoms with Crippen LogP contribution in [0.4, 0.5) is 0 Å². The number of hydrogen-bond acceptors (Lipinski definition) is 4. The summed E-state index contributed by atoms with van der Waals surface area (Å²) in [5.41, 5.74) is 11.2. The van der Waals surface area contributed by atoms with Crippen molar-refractivity contribution in [2.75, 3.05) is 13.1 Å². The minimum Gasteiger partial charge on any atom is -0.370 e. The lowest BCUT2D eigenvalue weighted by molar-refractivity contribution is 0.679. The second kappa shape index (κ2) is 5.87. The molecular weight excluding hydrogens is 180 g/mol. The number of nitrogens with two attached hydrogens (primary N) is 2. The number of nitrogens with one attached hydrogen (secondary N) is 1. The molecule has 1 rings (SSSR count). The van der Waals surface area contributed by atoms with Crippen LogP contribution >= 0.6 is 0 Å². The molecule has 0 atom stereocenters. The average molecular weight is 194 g/mol. The first-order chi connectivity index (χ1) is 6.79. The molecular formula is C8H14N6. The zero-order valence-electron chi connectivity index (χ0n) is 7.85. The first-order valence-electron chi connectivity index (χ1n) is 4.30. The Hall–Kier alpha value is -1.69. The SMILES string of the molecule is NC(N)=NCCNCc1cnccn1. The third-order valence-electron chi connectivity index (χ3n) is 1.51. The summed E-state index contributed by atoms with van der Waals surface area (Å²) in [4.78, 5) is 11.9. The van der Waals surface area contributed by atoms with E-state index in [1.54, 1.807) is 18.6 Å². The normalized spacial score (nSPS) is 9.71. The summed E-state index contributed by atoms with van der Waals surface area (Å²) in [5.74, 6) is 0.117. The van der Waals surface area contributed by atoms with Crippen molar-refractivity contribution in [2.45, 2.75) is 6.54 Å². The number of aromatic nitrogens is 2. The molecule has 0 bridgehead atoms. The van der Waals surface area contributed by atoms with Gasteiger partial charge in [-0.05, 0) is 0 Å². The second-order valence-corrected chi connectivity index (χ2v) is 2.68. The van der Waals surface area contributed by atoms with Gasteiger partial charge in [-0.1, -0.05) is 0 Å². The maximum Gasteiger partial charge on any atom is 0.185 e. The van der Waals surface area contributed by atoms with E-state index in [2.05, 4.69) is 20.3 Å². The lowest BCUT2D eigenvalue weighted by Gasteiger charge is -2.01. The van der Waals surface area contributed by atoms with Crippen LogP contribution in [0.15, 0.2) is 23.6 Å². The highest BCUT2D eigenvalue weighted by Gasteiger charge is 1.91. The van der Waals surface area contributed by atoms with Crippen LogP contribution in [0.3, 0.4) is 0 Å². The van der Waals surface area contributed by atoms with Crippen LogP contribution in [0.5, 0.6) is 0 Å². The van der Waals surface area contributed by atoms with E-state index in [4.69, 9.17) is 11.5 Å². The Labute approximate surface area is 82.5 Å².